The van der Waals surface area contributed by atoms with E-state index < -0.39 is 0 Å². The molecular formula is C10H15N5O2S2. The average Bonchev–Trinajstić information content (AvgIpc) is 3.02. The van der Waals surface area contributed by atoms with Crippen LogP contribution in [0.25, 0.3) is 0 Å². The minimum absolute atomic E-state index is 0.353. The minimum atomic E-state index is -0.353. The summed E-state index contributed by atoms with van der Waals surface area (Å²) in [6, 6.07) is 0. The number of hydrogen-bond donors (Lipinski definition) is 0. The van der Waals surface area contributed by atoms with Crippen molar-refractivity contribution < 1.29 is 9.47 Å². The number of ether oxygens (including phenoxy) is 2. The van der Waals surface area contributed by atoms with Crippen LogP contribution in [-0.2, 0) is 21.8 Å². The molecule has 0 atom stereocenters. The normalized spacial score (nSPS) is 11.4. The molecule has 0 saturated carbocycles. The largest absolute Gasteiger partial charge is 0.354 e. The Morgan fingerprint density at radius 1 is 1.42 bits per heavy atom. The fourth-order valence-corrected chi connectivity index (χ4v) is 3.11. The Morgan fingerprint density at radius 2 is 2.21 bits per heavy atom. The summed E-state index contributed by atoms with van der Waals surface area (Å²) in [5, 5.41) is 13.4. The van der Waals surface area contributed by atoms with E-state index in [0.29, 0.717) is 6.54 Å². The SMILES string of the molecule is COC(Cn1nnnc1SCc1cnc(C)s1)OC. The summed E-state index contributed by atoms with van der Waals surface area (Å²) >= 11 is 3.25. The van der Waals surface area contributed by atoms with Crippen LogP contribution in [0.5, 0.6) is 0 Å². The number of aryl methyl sites for hydroxylation is 1. The van der Waals surface area contributed by atoms with E-state index in [2.05, 4.69) is 20.5 Å². The zero-order chi connectivity index (χ0) is 13.7. The second-order valence-corrected chi connectivity index (χ2v) is 5.94. The molecule has 2 aromatic rings. The lowest BCUT2D eigenvalue weighted by Gasteiger charge is -2.13. The van der Waals surface area contributed by atoms with Crippen molar-refractivity contribution in [3.63, 3.8) is 0 Å². The van der Waals surface area contributed by atoms with E-state index in [0.717, 1.165) is 15.9 Å². The van der Waals surface area contributed by atoms with Gasteiger partial charge in [-0.05, 0) is 17.4 Å². The van der Waals surface area contributed by atoms with E-state index in [1.165, 1.54) is 4.88 Å². The van der Waals surface area contributed by atoms with Crippen molar-refractivity contribution in [2.24, 2.45) is 0 Å². The number of rotatable bonds is 7. The molecule has 0 aliphatic carbocycles. The predicted octanol–water partition coefficient (Wildman–Crippen LogP) is 1.35. The first kappa shape index (κ1) is 14.4. The number of thiazole rings is 1. The van der Waals surface area contributed by atoms with Crippen LogP contribution in [-0.4, -0.2) is 45.7 Å². The van der Waals surface area contributed by atoms with E-state index in [4.69, 9.17) is 9.47 Å². The maximum atomic E-state index is 5.14. The van der Waals surface area contributed by atoms with Crippen molar-refractivity contribution in [3.8, 4) is 0 Å². The molecule has 7 nitrogen and oxygen atoms in total. The molecule has 0 amide bonds. The van der Waals surface area contributed by atoms with Crippen molar-refractivity contribution in [3.05, 3.63) is 16.1 Å². The molecule has 0 bridgehead atoms. The maximum absolute atomic E-state index is 5.14. The zero-order valence-corrected chi connectivity index (χ0v) is 12.6. The molecule has 2 rings (SSSR count). The summed E-state index contributed by atoms with van der Waals surface area (Å²) in [5.74, 6) is 0.802. The third-order valence-electron chi connectivity index (χ3n) is 2.36. The first-order valence-electron chi connectivity index (χ1n) is 5.58. The summed E-state index contributed by atoms with van der Waals surface area (Å²) in [6.45, 7) is 2.45. The summed E-state index contributed by atoms with van der Waals surface area (Å²) in [6.07, 6.45) is 1.53. The van der Waals surface area contributed by atoms with Gasteiger partial charge in [-0.15, -0.1) is 16.4 Å². The maximum Gasteiger partial charge on any atom is 0.209 e. The molecule has 0 N–H and O–H groups in total. The lowest BCUT2D eigenvalue weighted by molar-refractivity contribution is -0.113. The molecule has 0 saturated heterocycles. The Labute approximate surface area is 119 Å². The van der Waals surface area contributed by atoms with Gasteiger partial charge in [0.15, 0.2) is 6.29 Å². The predicted molar refractivity (Wildman–Crippen MR) is 72.0 cm³/mol. The van der Waals surface area contributed by atoms with Gasteiger partial charge in [-0.2, -0.15) is 0 Å². The van der Waals surface area contributed by atoms with E-state index in [1.807, 2.05) is 13.1 Å². The standard InChI is InChI=1S/C10H15N5O2S2/c1-7-11-4-8(19-7)6-18-10-12-13-14-15(10)5-9(16-2)17-3/h4,9H,5-6H2,1-3H3. The lowest BCUT2D eigenvalue weighted by Crippen LogP contribution is -2.21. The van der Waals surface area contributed by atoms with Gasteiger partial charge in [-0.25, -0.2) is 9.67 Å². The van der Waals surface area contributed by atoms with Gasteiger partial charge in [-0.1, -0.05) is 11.8 Å². The van der Waals surface area contributed by atoms with Crippen LogP contribution in [0.4, 0.5) is 0 Å². The van der Waals surface area contributed by atoms with Crippen LogP contribution < -0.4 is 0 Å². The van der Waals surface area contributed by atoms with Crippen LogP contribution in [0, 0.1) is 6.92 Å². The van der Waals surface area contributed by atoms with Crippen LogP contribution in [0.3, 0.4) is 0 Å². The highest BCUT2D eigenvalue weighted by molar-refractivity contribution is 7.98. The third-order valence-corrected chi connectivity index (χ3v) is 4.46. The second-order valence-electron chi connectivity index (χ2n) is 3.68. The molecule has 2 aromatic heterocycles. The third kappa shape index (κ3) is 3.96. The van der Waals surface area contributed by atoms with Crippen LogP contribution in [0.15, 0.2) is 11.4 Å². The number of methoxy groups -OCH3 is 2. The number of tetrazole rings is 1. The van der Waals surface area contributed by atoms with Gasteiger partial charge in [0, 0.05) is 31.0 Å². The molecule has 0 spiro atoms. The molecular weight excluding hydrogens is 286 g/mol. The summed E-state index contributed by atoms with van der Waals surface area (Å²) in [5.41, 5.74) is 0. The molecule has 104 valence electrons. The van der Waals surface area contributed by atoms with Gasteiger partial charge >= 0.3 is 0 Å². The van der Waals surface area contributed by atoms with E-state index >= 15 is 0 Å². The Kier molecular flexibility index (Phi) is 5.25. The first-order valence-corrected chi connectivity index (χ1v) is 7.39. The molecule has 0 fully saturated rings. The van der Waals surface area contributed by atoms with Crippen LogP contribution >= 0.6 is 23.1 Å². The molecule has 19 heavy (non-hydrogen) atoms. The fourth-order valence-electron chi connectivity index (χ4n) is 1.41. The highest BCUT2D eigenvalue weighted by Crippen LogP contribution is 2.23. The number of nitrogens with zero attached hydrogens (tertiary/aromatic N) is 5. The van der Waals surface area contributed by atoms with Crippen molar-refractivity contribution in [1.82, 2.24) is 25.2 Å². The van der Waals surface area contributed by atoms with Gasteiger partial charge in [-0.3, -0.25) is 0 Å². The van der Waals surface area contributed by atoms with E-state index in [1.54, 1.807) is 42.0 Å². The second kappa shape index (κ2) is 6.94. The highest BCUT2D eigenvalue weighted by Gasteiger charge is 2.13. The molecule has 0 aliphatic heterocycles. The van der Waals surface area contributed by atoms with Crippen LogP contribution in [0.2, 0.25) is 0 Å². The average molecular weight is 301 g/mol. The van der Waals surface area contributed by atoms with Crippen molar-refractivity contribution in [2.75, 3.05) is 14.2 Å². The van der Waals surface area contributed by atoms with Gasteiger partial charge in [0.1, 0.15) is 0 Å². The smallest absolute Gasteiger partial charge is 0.209 e. The topological polar surface area (TPSA) is 75.0 Å². The zero-order valence-electron chi connectivity index (χ0n) is 10.9. The summed E-state index contributed by atoms with van der Waals surface area (Å²) in [4.78, 5) is 5.42. The van der Waals surface area contributed by atoms with Gasteiger partial charge < -0.3 is 9.47 Å². The van der Waals surface area contributed by atoms with Gasteiger partial charge in [0.05, 0.1) is 11.6 Å². The monoisotopic (exact) mass is 301 g/mol. The molecule has 9 heteroatoms. The number of aromatic nitrogens is 5. The molecule has 0 aromatic carbocycles. The highest BCUT2D eigenvalue weighted by atomic mass is 32.2. The van der Waals surface area contributed by atoms with E-state index in [-0.39, 0.29) is 6.29 Å². The molecule has 0 radical (unpaired) electrons. The van der Waals surface area contributed by atoms with Crippen molar-refractivity contribution in [1.29, 1.82) is 0 Å². The Bertz CT molecular complexity index is 511. The number of hydrogen-bond acceptors (Lipinski definition) is 8. The Hall–Kier alpha value is -1.03. The summed E-state index contributed by atoms with van der Waals surface area (Å²) in [7, 11) is 3.18. The van der Waals surface area contributed by atoms with Gasteiger partial charge in [0.2, 0.25) is 5.16 Å². The lowest BCUT2D eigenvalue weighted by atomic mass is 10.6. The Morgan fingerprint density at radius 3 is 2.84 bits per heavy atom. The fraction of sp³-hybridized carbons (Fsp3) is 0.600. The number of thioether (sulfide) groups is 1. The first-order chi connectivity index (χ1) is 9.22. The van der Waals surface area contributed by atoms with Crippen molar-refractivity contribution in [2.45, 2.75) is 30.7 Å². The Balaban J connectivity index is 1.95. The summed E-state index contributed by atoms with van der Waals surface area (Å²) < 4.78 is 12.0. The van der Waals surface area contributed by atoms with Crippen LogP contribution in [0.1, 0.15) is 9.88 Å². The van der Waals surface area contributed by atoms with Crippen molar-refractivity contribution >= 4 is 23.1 Å². The molecule has 2 heterocycles. The van der Waals surface area contributed by atoms with Gasteiger partial charge in [0.25, 0.3) is 0 Å². The quantitative estimate of drug-likeness (QED) is 0.564. The molecule has 0 aliphatic rings. The molecule has 0 unspecified atom stereocenters. The minimum Gasteiger partial charge on any atom is -0.354 e. The van der Waals surface area contributed by atoms with E-state index in [9.17, 15) is 0 Å².